The van der Waals surface area contributed by atoms with E-state index in [2.05, 4.69) is 119 Å². The van der Waals surface area contributed by atoms with Gasteiger partial charge in [0.05, 0.1) is 30.5 Å². The second-order valence-electron chi connectivity index (χ2n) is 14.2. The molecule has 5 nitrogen and oxygen atoms in total. The Kier molecular flexibility index (Phi) is 8.47. The van der Waals surface area contributed by atoms with Crippen LogP contribution >= 0.6 is 11.3 Å². The molecular weight excluding hydrogens is 877 g/mol. The van der Waals surface area contributed by atoms with Crippen LogP contribution in [-0.2, 0) is 20.1 Å². The van der Waals surface area contributed by atoms with Crippen LogP contribution in [0.2, 0.25) is 19.6 Å². The van der Waals surface area contributed by atoms with Crippen molar-refractivity contribution >= 4 is 77.9 Å². The molecule has 267 valence electrons. The summed E-state index contributed by atoms with van der Waals surface area (Å²) in [4.78, 5) is 14.2. The Morgan fingerprint density at radius 3 is 2.41 bits per heavy atom. The van der Waals surface area contributed by atoms with Crippen LogP contribution in [-0.4, -0.2) is 27.6 Å². The van der Waals surface area contributed by atoms with Crippen molar-refractivity contribution in [3.8, 4) is 28.3 Å². The summed E-state index contributed by atoms with van der Waals surface area (Å²) >= 11 is 1.82. The number of benzene rings is 5. The van der Waals surface area contributed by atoms with Gasteiger partial charge in [-0.15, -0.1) is 64.9 Å². The Bertz CT molecular complexity index is 3020. The normalized spacial score (nSPS) is 12.7. The number of thiophene rings is 1. The van der Waals surface area contributed by atoms with E-state index in [1.54, 1.807) is 12.1 Å². The second-order valence-corrected chi connectivity index (χ2v) is 20.4. The van der Waals surface area contributed by atoms with E-state index in [0.717, 1.165) is 61.4 Å². The topological polar surface area (TPSA) is 56.7 Å². The van der Waals surface area contributed by atoms with E-state index in [0.29, 0.717) is 11.3 Å². The third-order valence-corrected chi connectivity index (χ3v) is 12.7. The van der Waals surface area contributed by atoms with Crippen molar-refractivity contribution in [2.75, 3.05) is 0 Å². The van der Waals surface area contributed by atoms with E-state index in [-0.39, 0.29) is 20.1 Å². The van der Waals surface area contributed by atoms with E-state index in [4.69, 9.17) is 13.5 Å². The molecule has 10 rings (SSSR count). The SMILES string of the molecule is Cc1ccc2c(n1)oc1c(-c3nc4ccccc4n3-c3ccc4sc5ccccc5c4c3)[c-]ccc12.[2H]C([2H])([2H])c1c[c-]c(-c2ccc([Si](C)(C)C)cn2)cc1.[Ir]. The first kappa shape index (κ1) is 32.2. The predicted molar refractivity (Wildman–Crippen MR) is 224 cm³/mol. The Hall–Kier alpha value is -5.24. The van der Waals surface area contributed by atoms with Crippen LogP contribution in [0.5, 0.6) is 0 Å². The molecular formula is C46H36IrN4OSSi-2. The Morgan fingerprint density at radius 1 is 0.778 bits per heavy atom. The number of aryl methyl sites for hydroxylation is 2. The molecule has 0 fully saturated rings. The van der Waals surface area contributed by atoms with E-state index in [1.165, 1.54) is 31.4 Å². The van der Waals surface area contributed by atoms with E-state index < -0.39 is 14.9 Å². The number of fused-ring (bicyclic) bond motifs is 7. The predicted octanol–water partition coefficient (Wildman–Crippen LogP) is 11.9. The van der Waals surface area contributed by atoms with Crippen molar-refractivity contribution in [2.45, 2.75) is 33.4 Å². The standard InChI is InChI=1S/C31H18N3OS.C15H18NSi.Ir/c1-18-13-15-22-21-8-6-9-23(29(21)35-31(22)32-18)30-33-25-10-3-4-11-26(25)34(30)19-14-16-28-24(17-19)20-7-2-5-12-27(20)36-28;1-12-5-7-13(8-6-12)15-10-9-14(11-16-15)17(2,3)4;/h2-8,10-17H,1H3;5-7,9-11H,1-4H3;/q2*-1;/i;1D3;. The molecule has 0 atom stereocenters. The van der Waals surface area contributed by atoms with Crippen LogP contribution in [0.4, 0.5) is 0 Å². The van der Waals surface area contributed by atoms with Crippen LogP contribution in [0, 0.1) is 25.9 Å². The number of para-hydroxylation sites is 2. The minimum Gasteiger partial charge on any atom is -0.486 e. The van der Waals surface area contributed by atoms with Crippen molar-refractivity contribution in [1.29, 1.82) is 0 Å². The van der Waals surface area contributed by atoms with Gasteiger partial charge < -0.3 is 14.0 Å². The van der Waals surface area contributed by atoms with Crippen molar-refractivity contribution in [3.63, 3.8) is 0 Å². The molecule has 0 aliphatic rings. The molecule has 1 radical (unpaired) electrons. The number of furan rings is 1. The number of hydrogen-bond donors (Lipinski definition) is 0. The molecule has 10 aromatic rings. The molecule has 0 amide bonds. The monoisotopic (exact) mass is 916 g/mol. The molecule has 0 N–H and O–H groups in total. The summed E-state index contributed by atoms with van der Waals surface area (Å²) in [5, 5.41) is 5.85. The first-order valence-electron chi connectivity index (χ1n) is 19.0. The smallest absolute Gasteiger partial charge is 0.216 e. The van der Waals surface area contributed by atoms with Crippen molar-refractivity contribution < 1.29 is 28.6 Å². The molecule has 0 aliphatic carbocycles. The summed E-state index contributed by atoms with van der Waals surface area (Å²) in [6, 6.07) is 47.0. The summed E-state index contributed by atoms with van der Waals surface area (Å²) in [6.07, 6.45) is 1.92. The van der Waals surface area contributed by atoms with Crippen molar-refractivity contribution in [3.05, 3.63) is 151 Å². The summed E-state index contributed by atoms with van der Waals surface area (Å²) in [7, 11) is -1.34. The van der Waals surface area contributed by atoms with Crippen LogP contribution in [0.1, 0.15) is 15.4 Å². The van der Waals surface area contributed by atoms with Gasteiger partial charge in [0.2, 0.25) is 5.71 Å². The zero-order chi connectivity index (χ0) is 38.8. The van der Waals surface area contributed by atoms with Crippen LogP contribution in [0.15, 0.2) is 132 Å². The van der Waals surface area contributed by atoms with Gasteiger partial charge in [0.25, 0.3) is 0 Å². The number of rotatable bonds is 4. The Morgan fingerprint density at radius 2 is 1.61 bits per heavy atom. The minimum atomic E-state index is -2.08. The molecule has 5 heterocycles. The second kappa shape index (κ2) is 14.2. The average Bonchev–Trinajstić information content (AvgIpc) is 3.88. The molecule has 0 spiro atoms. The molecule has 5 aromatic heterocycles. The summed E-state index contributed by atoms with van der Waals surface area (Å²) < 4.78 is 33.2. The maximum absolute atomic E-state index is 7.35. The van der Waals surface area contributed by atoms with Gasteiger partial charge >= 0.3 is 0 Å². The zero-order valence-electron chi connectivity index (χ0n) is 33.1. The third-order valence-electron chi connectivity index (χ3n) is 9.56. The van der Waals surface area contributed by atoms with E-state index in [1.807, 2.05) is 54.8 Å². The number of nitrogens with zero attached hydrogens (tertiary/aromatic N) is 4. The number of hydrogen-bond acceptors (Lipinski definition) is 5. The maximum atomic E-state index is 7.35. The number of pyridine rings is 2. The fourth-order valence-corrected chi connectivity index (χ4v) is 8.89. The van der Waals surface area contributed by atoms with Gasteiger partial charge in [-0.3, -0.25) is 4.98 Å². The summed E-state index contributed by atoms with van der Waals surface area (Å²) in [5.74, 6) is 0.802. The van der Waals surface area contributed by atoms with E-state index in [9.17, 15) is 0 Å². The minimum absolute atomic E-state index is 0. The van der Waals surface area contributed by atoms with Gasteiger partial charge in [-0.2, -0.15) is 0 Å². The van der Waals surface area contributed by atoms with Gasteiger partial charge in [0.1, 0.15) is 0 Å². The maximum Gasteiger partial charge on any atom is 0.216 e. The molecule has 0 bridgehead atoms. The number of imidazole rings is 1. The molecule has 0 aliphatic heterocycles. The molecule has 0 unspecified atom stereocenters. The van der Waals surface area contributed by atoms with Crippen LogP contribution in [0.25, 0.3) is 81.6 Å². The first-order valence-corrected chi connectivity index (χ1v) is 21.8. The first-order chi connectivity index (χ1) is 26.9. The van der Waals surface area contributed by atoms with Gasteiger partial charge in [-0.05, 0) is 66.3 Å². The zero-order valence-corrected chi connectivity index (χ0v) is 34.3. The third kappa shape index (κ3) is 6.50. The molecule has 54 heavy (non-hydrogen) atoms. The summed E-state index contributed by atoms with van der Waals surface area (Å²) in [5.41, 5.74) is 8.13. The Balaban J connectivity index is 0.000000186. The van der Waals surface area contributed by atoms with Crippen LogP contribution < -0.4 is 5.19 Å². The molecule has 0 saturated carbocycles. The van der Waals surface area contributed by atoms with Crippen molar-refractivity contribution in [2.24, 2.45) is 0 Å². The fraction of sp³-hybridized carbons (Fsp3) is 0.109. The Labute approximate surface area is 336 Å². The van der Waals surface area contributed by atoms with Crippen LogP contribution in [0.3, 0.4) is 0 Å². The van der Waals surface area contributed by atoms with Gasteiger partial charge in [-0.1, -0.05) is 79.9 Å². The van der Waals surface area contributed by atoms with Gasteiger partial charge in [0.15, 0.2) is 0 Å². The number of aromatic nitrogens is 4. The largest absolute Gasteiger partial charge is 0.486 e. The quantitative estimate of drug-likeness (QED) is 0.130. The van der Waals surface area contributed by atoms with E-state index >= 15 is 0 Å². The molecule has 0 saturated heterocycles. The molecule has 8 heteroatoms. The summed E-state index contributed by atoms with van der Waals surface area (Å²) in [6.45, 7) is 6.73. The van der Waals surface area contributed by atoms with Gasteiger partial charge in [0, 0.05) is 67.4 Å². The molecule has 5 aromatic carbocycles. The average molecular weight is 916 g/mol. The fourth-order valence-electron chi connectivity index (χ4n) is 6.77. The van der Waals surface area contributed by atoms with Crippen molar-refractivity contribution in [1.82, 2.24) is 19.5 Å². The van der Waals surface area contributed by atoms with Gasteiger partial charge in [-0.25, -0.2) is 4.98 Å².